The summed E-state index contributed by atoms with van der Waals surface area (Å²) in [5.74, 6) is -0.492. The lowest BCUT2D eigenvalue weighted by Crippen LogP contribution is -2.65. The Labute approximate surface area is 307 Å². The summed E-state index contributed by atoms with van der Waals surface area (Å²) in [7, 11) is -4.82. The maximum absolute atomic E-state index is 14.4. The number of amides is 1. The molecule has 0 radical (unpaired) electrons. The van der Waals surface area contributed by atoms with Crippen molar-refractivity contribution in [3.8, 4) is 0 Å². The zero-order valence-electron chi connectivity index (χ0n) is 31.0. The van der Waals surface area contributed by atoms with Crippen molar-refractivity contribution >= 4 is 34.5 Å². The summed E-state index contributed by atoms with van der Waals surface area (Å²) in [6.45, 7) is 11.9. The second-order valence-corrected chi connectivity index (χ2v) is 17.9. The summed E-state index contributed by atoms with van der Waals surface area (Å²) in [4.78, 5) is 42.1. The number of hydrogen-bond donors (Lipinski definition) is 2. The van der Waals surface area contributed by atoms with E-state index in [-0.39, 0.29) is 45.3 Å². The van der Waals surface area contributed by atoms with E-state index >= 15 is 0 Å². The standard InChI is InChI=1S/C40H50BN3O7S/c1-7-35(41-50-34-22-28-21-33(39(28,4)5)40(34,6)51-41)42-37(46)32-20-27(17-12-16-26-14-9-8-10-15-26)36-30(25(3)45)23-31(38(47)44(32)36)43-52(48,49)29-18-11-13-24(2)19-29/h8-11,13-15,18-19,23,27-28,32-35,43H,7,12,16-17,20-22H2,1-6H3,(H,42,46)/t27-,28?,32+,33?,34?,35+,40-/m1/s1. The van der Waals surface area contributed by atoms with E-state index in [0.717, 1.165) is 31.2 Å². The fourth-order valence-electron chi connectivity index (χ4n) is 9.59. The van der Waals surface area contributed by atoms with Crippen LogP contribution in [0, 0.1) is 24.2 Å². The summed E-state index contributed by atoms with van der Waals surface area (Å²) in [5.41, 5.74) is 1.42. The molecule has 2 aromatic carbocycles. The summed E-state index contributed by atoms with van der Waals surface area (Å²) in [6, 6.07) is 16.8. The predicted octanol–water partition coefficient (Wildman–Crippen LogP) is 6.37. The number of ketones is 1. The van der Waals surface area contributed by atoms with Crippen LogP contribution in [0.1, 0.15) is 112 Å². The Hall–Kier alpha value is -3.74. The highest BCUT2D eigenvalue weighted by molar-refractivity contribution is 7.92. The summed E-state index contributed by atoms with van der Waals surface area (Å²) < 4.78 is 44.1. The van der Waals surface area contributed by atoms with E-state index in [1.165, 1.54) is 35.3 Å². The molecule has 3 saturated carbocycles. The maximum atomic E-state index is 14.4. The van der Waals surface area contributed by atoms with Gasteiger partial charge in [0.05, 0.1) is 22.5 Å². The van der Waals surface area contributed by atoms with Crippen molar-refractivity contribution in [1.82, 2.24) is 9.88 Å². The van der Waals surface area contributed by atoms with Crippen molar-refractivity contribution in [2.75, 3.05) is 4.72 Å². The van der Waals surface area contributed by atoms with Crippen molar-refractivity contribution in [1.29, 1.82) is 0 Å². The summed E-state index contributed by atoms with van der Waals surface area (Å²) in [6.07, 6.45) is 5.03. The number of carbonyl (C=O) groups is 2. The average Bonchev–Trinajstić information content (AvgIpc) is 3.66. The van der Waals surface area contributed by atoms with Gasteiger partial charge in [-0.15, -0.1) is 0 Å². The molecule has 2 N–H and O–H groups in total. The van der Waals surface area contributed by atoms with Crippen LogP contribution >= 0.6 is 0 Å². The number of aryl methyl sites for hydroxylation is 2. The molecule has 3 heterocycles. The third-order valence-electron chi connectivity index (χ3n) is 12.6. The molecule has 8 rings (SSSR count). The first-order chi connectivity index (χ1) is 24.6. The first kappa shape index (κ1) is 36.6. The molecule has 4 fully saturated rings. The minimum Gasteiger partial charge on any atom is -0.404 e. The second-order valence-electron chi connectivity index (χ2n) is 16.2. The molecule has 3 unspecified atom stereocenters. The molecular weight excluding hydrogens is 677 g/mol. The van der Waals surface area contributed by atoms with Crippen LogP contribution in [-0.2, 0) is 30.5 Å². The number of rotatable bonds is 12. The zero-order valence-corrected chi connectivity index (χ0v) is 31.8. The van der Waals surface area contributed by atoms with E-state index in [2.05, 4.69) is 42.9 Å². The Balaban J connectivity index is 1.20. The van der Waals surface area contributed by atoms with Crippen LogP contribution in [0.25, 0.3) is 0 Å². The summed E-state index contributed by atoms with van der Waals surface area (Å²) >= 11 is 0. The van der Waals surface area contributed by atoms with Gasteiger partial charge < -0.3 is 14.6 Å². The molecule has 0 spiro atoms. The number of anilines is 1. The lowest BCUT2D eigenvalue weighted by Gasteiger charge is -2.64. The fourth-order valence-corrected chi connectivity index (χ4v) is 10.7. The second kappa shape index (κ2) is 13.6. The molecule has 52 heavy (non-hydrogen) atoms. The van der Waals surface area contributed by atoms with Crippen molar-refractivity contribution in [3.05, 3.63) is 93.4 Å². The summed E-state index contributed by atoms with van der Waals surface area (Å²) in [5, 5.41) is 3.17. The van der Waals surface area contributed by atoms with Crippen LogP contribution in [0.3, 0.4) is 0 Å². The van der Waals surface area contributed by atoms with Gasteiger partial charge in [0.1, 0.15) is 11.7 Å². The van der Waals surface area contributed by atoms with Crippen molar-refractivity contribution in [2.24, 2.45) is 17.3 Å². The molecule has 3 aliphatic carbocycles. The van der Waals surface area contributed by atoms with Crippen LogP contribution in [0.4, 0.5) is 5.69 Å². The topological polar surface area (TPSA) is 133 Å². The highest BCUT2D eigenvalue weighted by Crippen LogP contribution is 2.65. The Morgan fingerprint density at radius 1 is 1.04 bits per heavy atom. The van der Waals surface area contributed by atoms with Crippen LogP contribution in [0.15, 0.2) is 70.4 Å². The molecule has 1 saturated heterocycles. The number of aromatic nitrogens is 1. The van der Waals surface area contributed by atoms with Crippen LogP contribution in [-0.4, -0.2) is 49.4 Å². The number of Topliss-reactive ketones (excluding diaryl/α,β-unsaturated/α-hetero) is 1. The van der Waals surface area contributed by atoms with Crippen molar-refractivity contribution in [3.63, 3.8) is 0 Å². The molecule has 2 aliphatic heterocycles. The van der Waals surface area contributed by atoms with Gasteiger partial charge in [-0.05, 0) is 112 Å². The van der Waals surface area contributed by atoms with Gasteiger partial charge in [0, 0.05) is 17.2 Å². The maximum Gasteiger partial charge on any atom is 0.481 e. The number of carbonyl (C=O) groups excluding carboxylic acids is 2. The molecule has 1 amide bonds. The van der Waals surface area contributed by atoms with Crippen LogP contribution < -0.4 is 15.6 Å². The van der Waals surface area contributed by atoms with Crippen LogP contribution in [0.2, 0.25) is 0 Å². The first-order valence-corrected chi connectivity index (χ1v) is 20.2. The Morgan fingerprint density at radius 3 is 2.46 bits per heavy atom. The largest absolute Gasteiger partial charge is 0.481 e. The number of nitrogens with one attached hydrogen (secondary N) is 2. The number of sulfonamides is 1. The van der Waals surface area contributed by atoms with Gasteiger partial charge in [-0.25, -0.2) is 8.42 Å². The average molecular weight is 728 g/mol. The highest BCUT2D eigenvalue weighted by atomic mass is 32.2. The Kier molecular flexibility index (Phi) is 9.57. The van der Waals surface area contributed by atoms with Gasteiger partial charge in [-0.3, -0.25) is 23.7 Å². The molecule has 2 bridgehead atoms. The number of pyridine rings is 1. The first-order valence-electron chi connectivity index (χ1n) is 18.7. The lowest BCUT2D eigenvalue weighted by atomic mass is 9.43. The number of nitrogens with zero attached hydrogens (tertiary/aromatic N) is 1. The molecule has 1 aromatic heterocycles. The van der Waals surface area contributed by atoms with Crippen molar-refractivity contribution in [2.45, 2.75) is 121 Å². The van der Waals surface area contributed by atoms with Gasteiger partial charge in [-0.1, -0.05) is 63.2 Å². The predicted molar refractivity (Wildman–Crippen MR) is 201 cm³/mol. The van der Waals surface area contributed by atoms with Gasteiger partial charge >= 0.3 is 7.12 Å². The van der Waals surface area contributed by atoms with E-state index in [4.69, 9.17) is 9.31 Å². The molecule has 12 heteroatoms. The SMILES string of the molecule is CC[C@H](NC(=O)[C@@H]1C[C@@H](CCCc2ccccc2)c2c(C(C)=O)cc(NS(=O)(=O)c3cccc(C)c3)c(=O)n21)B1OC2CC3CC(C3(C)C)[C@@]2(C)O1. The third kappa shape index (κ3) is 6.34. The van der Waals surface area contributed by atoms with E-state index in [9.17, 15) is 22.8 Å². The van der Waals surface area contributed by atoms with E-state index in [0.29, 0.717) is 36.8 Å². The van der Waals surface area contributed by atoms with E-state index < -0.39 is 40.3 Å². The Bertz CT molecular complexity index is 2050. The molecule has 7 atom stereocenters. The molecule has 5 aliphatic rings. The van der Waals surface area contributed by atoms with E-state index in [1.54, 1.807) is 19.1 Å². The zero-order chi connectivity index (χ0) is 37.2. The number of benzene rings is 2. The number of hydrogen-bond acceptors (Lipinski definition) is 7. The quantitative estimate of drug-likeness (QED) is 0.164. The minimum atomic E-state index is -4.18. The molecule has 10 nitrogen and oxygen atoms in total. The Morgan fingerprint density at radius 2 is 1.79 bits per heavy atom. The van der Waals surface area contributed by atoms with E-state index in [1.807, 2.05) is 25.1 Å². The normalized spacial score (nSPS) is 27.7. The third-order valence-corrected chi connectivity index (χ3v) is 14.0. The van der Waals surface area contributed by atoms with Gasteiger partial charge in [0.25, 0.3) is 15.6 Å². The van der Waals surface area contributed by atoms with Gasteiger partial charge in [0.15, 0.2) is 5.78 Å². The van der Waals surface area contributed by atoms with Gasteiger partial charge in [-0.2, -0.15) is 0 Å². The lowest BCUT2D eigenvalue weighted by molar-refractivity contribution is -0.199. The molecule has 276 valence electrons. The molecule has 3 aromatic rings. The smallest absolute Gasteiger partial charge is 0.404 e. The van der Waals surface area contributed by atoms with Gasteiger partial charge in [0.2, 0.25) is 5.91 Å². The van der Waals surface area contributed by atoms with Crippen molar-refractivity contribution < 1.29 is 27.3 Å². The fraction of sp³-hybridized carbons (Fsp3) is 0.525. The monoisotopic (exact) mass is 727 g/mol. The number of fused-ring (bicyclic) bond motifs is 1. The highest BCUT2D eigenvalue weighted by Gasteiger charge is 2.68. The minimum absolute atomic E-state index is 0.00706. The van der Waals surface area contributed by atoms with Crippen LogP contribution in [0.5, 0.6) is 0 Å². The molecular formula is C40H50BN3O7S.